The lowest BCUT2D eigenvalue weighted by molar-refractivity contribution is -0.123. The summed E-state index contributed by atoms with van der Waals surface area (Å²) in [5, 5.41) is 0. The highest BCUT2D eigenvalue weighted by Gasteiger charge is 2.23. The Kier molecular flexibility index (Phi) is 4.51. The predicted molar refractivity (Wildman–Crippen MR) is 102 cm³/mol. The lowest BCUT2D eigenvalue weighted by Gasteiger charge is -2.31. The molecule has 3 aromatic rings. The summed E-state index contributed by atoms with van der Waals surface area (Å²) in [4.78, 5) is 18.2. The zero-order chi connectivity index (χ0) is 17.2. The lowest BCUT2D eigenvalue weighted by atomic mass is 9.96. The minimum absolute atomic E-state index is 0.0102. The summed E-state index contributed by atoms with van der Waals surface area (Å²) in [6, 6.07) is 15.1. The van der Waals surface area contributed by atoms with Gasteiger partial charge in [0.25, 0.3) is 0 Å². The molecule has 0 saturated carbocycles. The first-order valence-corrected chi connectivity index (χ1v) is 9.51. The summed E-state index contributed by atoms with van der Waals surface area (Å²) in [6.07, 6.45) is 1.95. The molecule has 1 aliphatic rings. The summed E-state index contributed by atoms with van der Waals surface area (Å²) in [5.74, 6) is -0.181. The molecule has 2 N–H and O–H groups in total. The zero-order valence-electron chi connectivity index (χ0n) is 14.0. The quantitative estimate of drug-likeness (QED) is 0.780. The van der Waals surface area contributed by atoms with Gasteiger partial charge < -0.3 is 5.73 Å². The van der Waals surface area contributed by atoms with Gasteiger partial charge in [-0.2, -0.15) is 0 Å². The Morgan fingerprint density at radius 3 is 3.00 bits per heavy atom. The van der Waals surface area contributed by atoms with Gasteiger partial charge in [0, 0.05) is 13.1 Å². The van der Waals surface area contributed by atoms with E-state index in [2.05, 4.69) is 52.3 Å². The molecule has 2 aromatic carbocycles. The van der Waals surface area contributed by atoms with E-state index in [9.17, 15) is 4.79 Å². The molecule has 1 atom stereocenters. The second-order valence-corrected chi connectivity index (χ2v) is 7.60. The van der Waals surface area contributed by atoms with Gasteiger partial charge in [0.05, 0.1) is 21.6 Å². The van der Waals surface area contributed by atoms with Crippen molar-refractivity contribution in [2.24, 2.45) is 11.7 Å². The molecule has 0 aliphatic carbocycles. The van der Waals surface area contributed by atoms with Crippen molar-refractivity contribution >= 4 is 27.5 Å². The van der Waals surface area contributed by atoms with Crippen molar-refractivity contribution in [3.05, 3.63) is 53.5 Å². The third-order valence-corrected chi connectivity index (χ3v) is 5.71. The number of nitrogens with two attached hydrogens (primary N) is 1. The van der Waals surface area contributed by atoms with E-state index in [1.807, 2.05) is 5.51 Å². The number of nitrogens with zero attached hydrogens (tertiary/aromatic N) is 2. The Morgan fingerprint density at radius 1 is 1.24 bits per heavy atom. The average Bonchev–Trinajstić information content (AvgIpc) is 3.10. The zero-order valence-corrected chi connectivity index (χ0v) is 14.8. The van der Waals surface area contributed by atoms with Gasteiger partial charge in [0.2, 0.25) is 5.91 Å². The van der Waals surface area contributed by atoms with Gasteiger partial charge >= 0.3 is 0 Å². The monoisotopic (exact) mass is 351 g/mol. The maximum Gasteiger partial charge on any atom is 0.221 e. The molecule has 1 amide bonds. The molecule has 0 radical (unpaired) electrons. The molecule has 1 fully saturated rings. The number of hydrogen-bond acceptors (Lipinski definition) is 4. The van der Waals surface area contributed by atoms with Crippen LogP contribution in [0.1, 0.15) is 18.4 Å². The molecular weight excluding hydrogens is 330 g/mol. The second-order valence-electron chi connectivity index (χ2n) is 6.71. The first kappa shape index (κ1) is 16.2. The average molecular weight is 351 g/mol. The molecule has 4 rings (SSSR count). The largest absolute Gasteiger partial charge is 0.369 e. The number of aromatic nitrogens is 1. The van der Waals surface area contributed by atoms with Crippen LogP contribution in [0.15, 0.2) is 48.0 Å². The summed E-state index contributed by atoms with van der Waals surface area (Å²) in [5.41, 5.74) is 12.1. The number of fused-ring (bicyclic) bond motifs is 1. The van der Waals surface area contributed by atoms with E-state index in [1.165, 1.54) is 21.4 Å². The summed E-state index contributed by atoms with van der Waals surface area (Å²) >= 11 is 1.66. The van der Waals surface area contributed by atoms with E-state index < -0.39 is 0 Å². The molecule has 2 heterocycles. The molecule has 1 aliphatic heterocycles. The van der Waals surface area contributed by atoms with Crippen molar-refractivity contribution in [2.45, 2.75) is 19.4 Å². The Hall–Kier alpha value is -2.24. The first-order valence-electron chi connectivity index (χ1n) is 8.63. The fourth-order valence-corrected chi connectivity index (χ4v) is 4.24. The Labute approximate surface area is 151 Å². The van der Waals surface area contributed by atoms with Crippen LogP contribution in [0.4, 0.5) is 0 Å². The molecule has 4 nitrogen and oxygen atoms in total. The smallest absolute Gasteiger partial charge is 0.221 e. The molecule has 1 unspecified atom stereocenters. The van der Waals surface area contributed by atoms with Crippen molar-refractivity contribution in [2.75, 3.05) is 13.1 Å². The Balaban J connectivity index is 1.54. The number of piperidine rings is 1. The number of rotatable bonds is 4. The number of primary amides is 1. The molecule has 5 heteroatoms. The van der Waals surface area contributed by atoms with Crippen LogP contribution in [0.25, 0.3) is 21.3 Å². The summed E-state index contributed by atoms with van der Waals surface area (Å²) < 4.78 is 1.21. The minimum atomic E-state index is -0.171. The SMILES string of the molecule is NC(=O)C1CCCN(Cc2cccc(-c3ccc4scnc4c3)c2)C1. The highest BCUT2D eigenvalue weighted by Crippen LogP contribution is 2.27. The molecule has 0 bridgehead atoms. The standard InChI is InChI=1S/C20H21N3OS/c21-20(24)17-5-2-8-23(12-17)11-14-3-1-4-15(9-14)16-6-7-19-18(10-16)22-13-25-19/h1,3-4,6-7,9-10,13,17H,2,5,8,11-12H2,(H2,21,24). The van der Waals surface area contributed by atoms with Crippen molar-refractivity contribution in [1.29, 1.82) is 0 Å². The van der Waals surface area contributed by atoms with Crippen LogP contribution < -0.4 is 5.73 Å². The normalized spacial score (nSPS) is 18.5. The van der Waals surface area contributed by atoms with Crippen LogP contribution in [0.2, 0.25) is 0 Å². The number of amides is 1. The van der Waals surface area contributed by atoms with Crippen molar-refractivity contribution in [3.63, 3.8) is 0 Å². The van der Waals surface area contributed by atoms with Crippen LogP contribution in [0.3, 0.4) is 0 Å². The maximum absolute atomic E-state index is 11.5. The van der Waals surface area contributed by atoms with Crippen molar-refractivity contribution in [1.82, 2.24) is 9.88 Å². The molecule has 1 aromatic heterocycles. The number of likely N-dealkylation sites (tertiary alicyclic amines) is 1. The number of benzene rings is 2. The van der Waals surface area contributed by atoms with E-state index in [0.29, 0.717) is 0 Å². The van der Waals surface area contributed by atoms with Crippen molar-refractivity contribution < 1.29 is 4.79 Å². The fraction of sp³-hybridized carbons (Fsp3) is 0.300. The lowest BCUT2D eigenvalue weighted by Crippen LogP contribution is -2.40. The van der Waals surface area contributed by atoms with Crippen LogP contribution in [0.5, 0.6) is 0 Å². The topological polar surface area (TPSA) is 59.2 Å². The van der Waals surface area contributed by atoms with E-state index >= 15 is 0 Å². The van der Waals surface area contributed by atoms with Gasteiger partial charge in [0.1, 0.15) is 0 Å². The summed E-state index contributed by atoms with van der Waals surface area (Å²) in [7, 11) is 0. The predicted octanol–water partition coefficient (Wildman–Crippen LogP) is 3.66. The number of carbonyl (C=O) groups is 1. The van der Waals surface area contributed by atoms with Gasteiger partial charge in [0.15, 0.2) is 0 Å². The molecule has 25 heavy (non-hydrogen) atoms. The van der Waals surface area contributed by atoms with E-state index in [4.69, 9.17) is 5.73 Å². The van der Waals surface area contributed by atoms with Gasteiger partial charge in [-0.3, -0.25) is 9.69 Å². The number of carbonyl (C=O) groups excluding carboxylic acids is 1. The second kappa shape index (κ2) is 6.94. The number of hydrogen-bond donors (Lipinski definition) is 1. The van der Waals surface area contributed by atoms with Crippen LogP contribution in [0, 0.1) is 5.92 Å². The maximum atomic E-state index is 11.5. The van der Waals surface area contributed by atoms with Gasteiger partial charge in [-0.25, -0.2) is 4.98 Å². The van der Waals surface area contributed by atoms with Gasteiger partial charge in [-0.1, -0.05) is 24.3 Å². The van der Waals surface area contributed by atoms with Crippen LogP contribution in [-0.4, -0.2) is 28.9 Å². The van der Waals surface area contributed by atoms with Gasteiger partial charge in [-0.15, -0.1) is 11.3 Å². The van der Waals surface area contributed by atoms with Crippen LogP contribution >= 0.6 is 11.3 Å². The molecule has 1 saturated heterocycles. The Morgan fingerprint density at radius 2 is 2.12 bits per heavy atom. The van der Waals surface area contributed by atoms with E-state index in [1.54, 1.807) is 11.3 Å². The van der Waals surface area contributed by atoms with Gasteiger partial charge in [-0.05, 0) is 54.3 Å². The van der Waals surface area contributed by atoms with E-state index in [0.717, 1.165) is 38.0 Å². The molecule has 128 valence electrons. The third-order valence-electron chi connectivity index (χ3n) is 4.90. The van der Waals surface area contributed by atoms with E-state index in [-0.39, 0.29) is 11.8 Å². The fourth-order valence-electron chi connectivity index (χ4n) is 3.58. The first-order chi connectivity index (χ1) is 12.2. The minimum Gasteiger partial charge on any atom is -0.369 e. The highest BCUT2D eigenvalue weighted by atomic mass is 32.1. The highest BCUT2D eigenvalue weighted by molar-refractivity contribution is 7.16. The molecule has 0 spiro atoms. The van der Waals surface area contributed by atoms with Crippen molar-refractivity contribution in [3.8, 4) is 11.1 Å². The molecular formula is C20H21N3OS. The Bertz CT molecular complexity index is 905. The van der Waals surface area contributed by atoms with Crippen LogP contribution in [-0.2, 0) is 11.3 Å². The summed E-state index contributed by atoms with van der Waals surface area (Å²) in [6.45, 7) is 2.65. The third kappa shape index (κ3) is 3.57. The number of thiazole rings is 1.